The Hall–Kier alpha value is -3.05. The zero-order valence-corrected chi connectivity index (χ0v) is 22.1. The highest BCUT2D eigenvalue weighted by Gasteiger charge is 2.28. The van der Waals surface area contributed by atoms with Gasteiger partial charge in [0.25, 0.3) is 10.0 Å². The Kier molecular flexibility index (Phi) is 6.12. The van der Waals surface area contributed by atoms with Crippen molar-refractivity contribution in [2.45, 2.75) is 29.6 Å². The number of benzene rings is 1. The van der Waals surface area contributed by atoms with Gasteiger partial charge in [0.1, 0.15) is 9.22 Å². The molecular weight excluding hydrogens is 511 g/mol. The summed E-state index contributed by atoms with van der Waals surface area (Å²) in [6.07, 6.45) is 6.10. The molecule has 5 aromatic rings. The SMILES string of the molecule is CN(c1cccc2cc(-c3ncc(CN4CCCC4c4ccccn4)s3)[nH]c12)S(=O)(=O)c1cccs1. The van der Waals surface area contributed by atoms with Gasteiger partial charge in [0.15, 0.2) is 0 Å². The zero-order chi connectivity index (χ0) is 24.7. The van der Waals surface area contributed by atoms with Gasteiger partial charge in [-0.3, -0.25) is 14.2 Å². The fourth-order valence-corrected chi connectivity index (χ4v) is 8.10. The third-order valence-electron chi connectivity index (χ3n) is 6.62. The van der Waals surface area contributed by atoms with E-state index in [2.05, 4.69) is 27.0 Å². The number of aromatic nitrogens is 3. The van der Waals surface area contributed by atoms with Crippen LogP contribution in [0.2, 0.25) is 0 Å². The monoisotopic (exact) mass is 535 g/mol. The number of aromatic amines is 1. The average molecular weight is 536 g/mol. The van der Waals surface area contributed by atoms with Gasteiger partial charge in [-0.25, -0.2) is 13.4 Å². The molecule has 7 nitrogen and oxygen atoms in total. The minimum atomic E-state index is -3.62. The third-order valence-corrected chi connectivity index (χ3v) is 10.8. The predicted octanol–water partition coefficient (Wildman–Crippen LogP) is 5.91. The van der Waals surface area contributed by atoms with Gasteiger partial charge >= 0.3 is 0 Å². The van der Waals surface area contributed by atoms with E-state index in [0.29, 0.717) is 15.9 Å². The second kappa shape index (κ2) is 9.44. The second-order valence-electron chi connectivity index (χ2n) is 8.84. The van der Waals surface area contributed by atoms with E-state index in [4.69, 9.17) is 4.98 Å². The molecule has 5 heterocycles. The van der Waals surface area contributed by atoms with Crippen LogP contribution in [-0.2, 0) is 16.6 Å². The number of likely N-dealkylation sites (tertiary alicyclic amines) is 1. The van der Waals surface area contributed by atoms with Crippen LogP contribution in [0.1, 0.15) is 29.5 Å². The van der Waals surface area contributed by atoms with Gasteiger partial charge in [0, 0.05) is 36.2 Å². The van der Waals surface area contributed by atoms with Crippen LogP contribution in [0.4, 0.5) is 5.69 Å². The van der Waals surface area contributed by atoms with Gasteiger partial charge in [-0.05, 0) is 55.1 Å². The van der Waals surface area contributed by atoms with Crippen LogP contribution in [0, 0.1) is 0 Å². The van der Waals surface area contributed by atoms with Gasteiger partial charge in [-0.1, -0.05) is 24.3 Å². The van der Waals surface area contributed by atoms with Crippen LogP contribution in [-0.4, -0.2) is 41.9 Å². The zero-order valence-electron chi connectivity index (χ0n) is 19.7. The number of H-pyrrole nitrogens is 1. The van der Waals surface area contributed by atoms with Crippen molar-refractivity contribution in [3.05, 3.63) is 82.9 Å². The molecule has 1 fully saturated rings. The summed E-state index contributed by atoms with van der Waals surface area (Å²) < 4.78 is 27.9. The van der Waals surface area contributed by atoms with Crippen molar-refractivity contribution in [1.29, 1.82) is 0 Å². The highest BCUT2D eigenvalue weighted by Crippen LogP contribution is 2.36. The lowest BCUT2D eigenvalue weighted by Crippen LogP contribution is -2.26. The Morgan fingerprint density at radius 1 is 1.14 bits per heavy atom. The number of thiazole rings is 1. The number of nitrogens with zero attached hydrogens (tertiary/aromatic N) is 4. The summed E-state index contributed by atoms with van der Waals surface area (Å²) in [4.78, 5) is 16.4. The first-order chi connectivity index (χ1) is 17.5. The van der Waals surface area contributed by atoms with Gasteiger partial charge in [-0.2, -0.15) is 0 Å². The molecule has 1 N–H and O–H groups in total. The molecular formula is C26H25N5O2S3. The summed E-state index contributed by atoms with van der Waals surface area (Å²) >= 11 is 2.89. The van der Waals surface area contributed by atoms with Crippen molar-refractivity contribution in [1.82, 2.24) is 19.9 Å². The quantitative estimate of drug-likeness (QED) is 0.280. The number of rotatable bonds is 7. The Labute approximate surface area is 218 Å². The summed E-state index contributed by atoms with van der Waals surface area (Å²) in [5, 5.41) is 3.61. The maximum absolute atomic E-state index is 13.1. The van der Waals surface area contributed by atoms with E-state index in [9.17, 15) is 8.42 Å². The van der Waals surface area contributed by atoms with Gasteiger partial charge in [0.2, 0.25) is 0 Å². The summed E-state index contributed by atoms with van der Waals surface area (Å²) in [6.45, 7) is 1.89. The molecule has 0 bridgehead atoms. The van der Waals surface area contributed by atoms with Crippen molar-refractivity contribution in [3.8, 4) is 10.7 Å². The number of nitrogens with one attached hydrogen (secondary N) is 1. The van der Waals surface area contributed by atoms with Gasteiger partial charge in [0.05, 0.1) is 28.6 Å². The lowest BCUT2D eigenvalue weighted by molar-refractivity contribution is 0.246. The molecule has 0 spiro atoms. The first kappa shape index (κ1) is 23.4. The maximum atomic E-state index is 13.1. The van der Waals surface area contributed by atoms with Gasteiger partial charge < -0.3 is 4.98 Å². The molecule has 1 saturated heterocycles. The average Bonchev–Trinajstić information content (AvgIpc) is 3.70. The number of pyridine rings is 1. The molecule has 10 heteroatoms. The molecule has 1 aliphatic rings. The Balaban J connectivity index is 1.27. The van der Waals surface area contributed by atoms with Crippen molar-refractivity contribution < 1.29 is 8.42 Å². The summed E-state index contributed by atoms with van der Waals surface area (Å²) in [5.41, 5.74) is 3.41. The molecule has 0 aliphatic carbocycles. The predicted molar refractivity (Wildman–Crippen MR) is 146 cm³/mol. The van der Waals surface area contributed by atoms with Crippen LogP contribution in [0.5, 0.6) is 0 Å². The maximum Gasteiger partial charge on any atom is 0.273 e. The second-order valence-corrected chi connectivity index (χ2v) is 13.1. The number of thiophene rings is 1. The molecule has 0 saturated carbocycles. The lowest BCUT2D eigenvalue weighted by atomic mass is 10.1. The highest BCUT2D eigenvalue weighted by molar-refractivity contribution is 7.94. The minimum Gasteiger partial charge on any atom is -0.351 e. The van der Waals surface area contributed by atoms with Crippen LogP contribution in [0.15, 0.2) is 76.6 Å². The number of hydrogen-bond donors (Lipinski definition) is 1. The number of sulfonamides is 1. The Morgan fingerprint density at radius 3 is 2.86 bits per heavy atom. The van der Waals surface area contributed by atoms with Crippen molar-refractivity contribution in [2.24, 2.45) is 0 Å². The molecule has 184 valence electrons. The normalized spacial score (nSPS) is 16.6. The van der Waals surface area contributed by atoms with Crippen molar-refractivity contribution in [2.75, 3.05) is 17.9 Å². The standard InChI is InChI=1S/C26H25N5O2S3/c1-30(36(32,33)24-11-6-14-34-24)23-9-4-7-18-15-21(29-25(18)23)26-28-16-19(35-26)17-31-13-5-10-22(31)20-8-2-3-12-27-20/h2-4,6-9,11-12,14-16,22,29H,5,10,13,17H2,1H3. The molecule has 0 amide bonds. The van der Waals surface area contributed by atoms with E-state index in [1.807, 2.05) is 42.7 Å². The molecule has 0 radical (unpaired) electrons. The lowest BCUT2D eigenvalue weighted by Gasteiger charge is -2.23. The topological polar surface area (TPSA) is 82.2 Å². The number of para-hydroxylation sites is 1. The number of fused-ring (bicyclic) bond motifs is 1. The van der Waals surface area contributed by atoms with E-state index in [-0.39, 0.29) is 0 Å². The van der Waals surface area contributed by atoms with Crippen molar-refractivity contribution >= 4 is 49.3 Å². The fourth-order valence-electron chi connectivity index (χ4n) is 4.82. The molecule has 1 aliphatic heterocycles. The smallest absolute Gasteiger partial charge is 0.273 e. The molecule has 1 atom stereocenters. The van der Waals surface area contributed by atoms with Gasteiger partial charge in [-0.15, -0.1) is 22.7 Å². The molecule has 36 heavy (non-hydrogen) atoms. The highest BCUT2D eigenvalue weighted by atomic mass is 32.2. The van der Waals surface area contributed by atoms with Crippen LogP contribution < -0.4 is 4.31 Å². The molecule has 4 aromatic heterocycles. The molecule has 1 unspecified atom stereocenters. The van der Waals surface area contributed by atoms with Crippen LogP contribution in [0.3, 0.4) is 0 Å². The van der Waals surface area contributed by atoms with E-state index >= 15 is 0 Å². The summed E-state index contributed by atoms with van der Waals surface area (Å²) in [7, 11) is -2.03. The minimum absolute atomic E-state index is 0.323. The van der Waals surface area contributed by atoms with Crippen LogP contribution >= 0.6 is 22.7 Å². The van der Waals surface area contributed by atoms with E-state index in [1.165, 1.54) is 26.9 Å². The molecule has 6 rings (SSSR count). The van der Waals surface area contributed by atoms with Crippen LogP contribution in [0.25, 0.3) is 21.6 Å². The number of anilines is 1. The third kappa shape index (κ3) is 4.24. The molecule has 1 aromatic carbocycles. The van der Waals surface area contributed by atoms with E-state index < -0.39 is 10.0 Å². The first-order valence-electron chi connectivity index (χ1n) is 11.7. The van der Waals surface area contributed by atoms with E-state index in [1.54, 1.807) is 35.9 Å². The Morgan fingerprint density at radius 2 is 2.06 bits per heavy atom. The number of hydrogen-bond acceptors (Lipinski definition) is 7. The van der Waals surface area contributed by atoms with E-state index in [0.717, 1.165) is 46.8 Å². The summed E-state index contributed by atoms with van der Waals surface area (Å²) in [5.74, 6) is 0. The fraction of sp³-hybridized carbons (Fsp3) is 0.231. The first-order valence-corrected chi connectivity index (χ1v) is 14.9. The Bertz CT molecular complexity index is 1590. The summed E-state index contributed by atoms with van der Waals surface area (Å²) in [6, 6.07) is 17.6. The largest absolute Gasteiger partial charge is 0.351 e. The van der Waals surface area contributed by atoms with Crippen molar-refractivity contribution in [3.63, 3.8) is 0 Å².